The number of carboxylic acid groups (broad SMARTS) is 1. The third-order valence-corrected chi connectivity index (χ3v) is 4.07. The normalized spacial score (nSPS) is 27.5. The molecule has 0 saturated carbocycles. The Balaban J connectivity index is 1.85. The van der Waals surface area contributed by atoms with Crippen molar-refractivity contribution in [3.05, 3.63) is 55.0 Å². The minimum absolute atomic E-state index is 0.00514. The number of fused-ring (bicyclic) bond motifs is 1. The van der Waals surface area contributed by atoms with Crippen molar-refractivity contribution >= 4 is 11.9 Å². The average molecular weight is 285 g/mol. The Morgan fingerprint density at radius 2 is 2.05 bits per heavy atom. The molecule has 21 heavy (non-hydrogen) atoms. The third-order valence-electron chi connectivity index (χ3n) is 4.07. The molecule has 2 aliphatic rings. The standard InChI is InChI=1S/C16H16N2O3/c19-15-12(11-17-7-3-1-4-8-17)10-13(16(20)21)14-6-2-5-9-18(14)15/h1-9,12-14H,10-11H2/p+1. The SMILES string of the molecule is O=C(O)C1CC(C[n+]2ccccc2)C(=O)N2C=CC=CC12. The summed E-state index contributed by atoms with van der Waals surface area (Å²) in [5, 5.41) is 9.44. The van der Waals surface area contributed by atoms with Crippen LogP contribution in [0.5, 0.6) is 0 Å². The molecule has 1 aromatic rings. The van der Waals surface area contributed by atoms with Crippen molar-refractivity contribution in [1.29, 1.82) is 0 Å². The molecule has 3 unspecified atom stereocenters. The molecule has 1 N–H and O–H groups in total. The van der Waals surface area contributed by atoms with Gasteiger partial charge in [0.1, 0.15) is 0 Å². The number of amides is 1. The van der Waals surface area contributed by atoms with Crippen LogP contribution < -0.4 is 4.57 Å². The minimum atomic E-state index is -0.847. The fourth-order valence-electron chi connectivity index (χ4n) is 3.03. The molecule has 5 nitrogen and oxygen atoms in total. The van der Waals surface area contributed by atoms with Crippen LogP contribution >= 0.6 is 0 Å². The van der Waals surface area contributed by atoms with Crippen LogP contribution in [0, 0.1) is 11.8 Å². The van der Waals surface area contributed by atoms with Crippen LogP contribution in [0.1, 0.15) is 6.42 Å². The highest BCUT2D eigenvalue weighted by Gasteiger charge is 2.44. The van der Waals surface area contributed by atoms with Crippen molar-refractivity contribution in [3.63, 3.8) is 0 Å². The first-order valence-electron chi connectivity index (χ1n) is 7.01. The lowest BCUT2D eigenvalue weighted by atomic mass is 9.81. The maximum absolute atomic E-state index is 12.6. The molecule has 1 amide bonds. The van der Waals surface area contributed by atoms with Crippen molar-refractivity contribution in [1.82, 2.24) is 4.90 Å². The van der Waals surface area contributed by atoms with E-state index in [0.717, 1.165) is 0 Å². The summed E-state index contributed by atoms with van der Waals surface area (Å²) in [6, 6.07) is 5.34. The number of hydrogen-bond acceptors (Lipinski definition) is 2. The first-order chi connectivity index (χ1) is 10.2. The monoisotopic (exact) mass is 285 g/mol. The summed E-state index contributed by atoms with van der Waals surface area (Å²) < 4.78 is 1.92. The Kier molecular flexibility index (Phi) is 3.56. The molecule has 1 fully saturated rings. The van der Waals surface area contributed by atoms with E-state index >= 15 is 0 Å². The summed E-state index contributed by atoms with van der Waals surface area (Å²) in [5.74, 6) is -1.72. The van der Waals surface area contributed by atoms with Gasteiger partial charge >= 0.3 is 5.97 Å². The summed E-state index contributed by atoms with van der Waals surface area (Å²) in [6.45, 7) is 0.504. The summed E-state index contributed by atoms with van der Waals surface area (Å²) in [7, 11) is 0. The number of rotatable bonds is 3. The van der Waals surface area contributed by atoms with Crippen LogP contribution in [0.25, 0.3) is 0 Å². The van der Waals surface area contributed by atoms with Gasteiger partial charge in [0.15, 0.2) is 18.9 Å². The summed E-state index contributed by atoms with van der Waals surface area (Å²) in [6.07, 6.45) is 11.2. The number of piperidine rings is 1. The smallest absolute Gasteiger partial charge is 0.308 e. The van der Waals surface area contributed by atoms with E-state index in [2.05, 4.69) is 0 Å². The number of carbonyl (C=O) groups excluding carboxylic acids is 1. The number of allylic oxidation sites excluding steroid dienone is 2. The van der Waals surface area contributed by atoms with Crippen LogP contribution in [0.15, 0.2) is 55.0 Å². The lowest BCUT2D eigenvalue weighted by molar-refractivity contribution is -0.701. The topological polar surface area (TPSA) is 61.5 Å². The Labute approximate surface area is 122 Å². The molecule has 0 aromatic carbocycles. The van der Waals surface area contributed by atoms with Gasteiger partial charge < -0.3 is 10.0 Å². The van der Waals surface area contributed by atoms with Gasteiger partial charge in [-0.1, -0.05) is 18.2 Å². The van der Waals surface area contributed by atoms with Crippen molar-refractivity contribution in [2.75, 3.05) is 0 Å². The minimum Gasteiger partial charge on any atom is -0.481 e. The van der Waals surface area contributed by atoms with E-state index in [0.29, 0.717) is 13.0 Å². The molecule has 0 radical (unpaired) electrons. The molecule has 3 atom stereocenters. The van der Waals surface area contributed by atoms with Gasteiger partial charge in [-0.05, 0) is 12.5 Å². The fourth-order valence-corrected chi connectivity index (χ4v) is 3.03. The second-order valence-electron chi connectivity index (χ2n) is 5.41. The third kappa shape index (κ3) is 2.59. The summed E-state index contributed by atoms with van der Waals surface area (Å²) >= 11 is 0. The number of pyridine rings is 1. The Morgan fingerprint density at radius 3 is 2.76 bits per heavy atom. The second-order valence-corrected chi connectivity index (χ2v) is 5.41. The molecular formula is C16H17N2O3+. The quantitative estimate of drug-likeness (QED) is 0.842. The zero-order valence-electron chi connectivity index (χ0n) is 11.5. The molecule has 1 aromatic heterocycles. The van der Waals surface area contributed by atoms with Crippen LogP contribution in [-0.4, -0.2) is 27.9 Å². The zero-order chi connectivity index (χ0) is 14.8. The lowest BCUT2D eigenvalue weighted by Crippen LogP contribution is -2.55. The molecule has 1 saturated heterocycles. The average Bonchev–Trinajstić information content (AvgIpc) is 2.51. The first-order valence-corrected chi connectivity index (χ1v) is 7.01. The first kappa shape index (κ1) is 13.5. The zero-order valence-corrected chi connectivity index (χ0v) is 11.5. The van der Waals surface area contributed by atoms with E-state index in [1.807, 2.05) is 35.2 Å². The maximum atomic E-state index is 12.6. The number of nitrogens with zero attached hydrogens (tertiary/aromatic N) is 2. The highest BCUT2D eigenvalue weighted by molar-refractivity contribution is 5.84. The number of hydrogen-bond donors (Lipinski definition) is 1. The Morgan fingerprint density at radius 1 is 1.29 bits per heavy atom. The number of carbonyl (C=O) groups is 2. The molecule has 0 bridgehead atoms. The largest absolute Gasteiger partial charge is 0.481 e. The molecule has 108 valence electrons. The summed E-state index contributed by atoms with van der Waals surface area (Å²) in [4.78, 5) is 25.6. The van der Waals surface area contributed by atoms with E-state index in [9.17, 15) is 14.7 Å². The van der Waals surface area contributed by atoms with Crippen LogP contribution in [-0.2, 0) is 16.1 Å². The lowest BCUT2D eigenvalue weighted by Gasteiger charge is -2.39. The van der Waals surface area contributed by atoms with Gasteiger partial charge in [-0.25, -0.2) is 4.57 Å². The van der Waals surface area contributed by atoms with Crippen LogP contribution in [0.4, 0.5) is 0 Å². The van der Waals surface area contributed by atoms with Gasteiger partial charge in [0, 0.05) is 18.3 Å². The van der Waals surface area contributed by atoms with E-state index in [4.69, 9.17) is 0 Å². The van der Waals surface area contributed by atoms with Gasteiger partial charge in [0.05, 0.1) is 17.9 Å². The molecular weight excluding hydrogens is 268 g/mol. The summed E-state index contributed by atoms with van der Waals surface area (Å²) in [5.41, 5.74) is 0. The Hall–Kier alpha value is -2.43. The van der Waals surface area contributed by atoms with E-state index in [1.54, 1.807) is 29.3 Å². The van der Waals surface area contributed by atoms with E-state index in [1.165, 1.54) is 0 Å². The van der Waals surface area contributed by atoms with Crippen molar-refractivity contribution in [3.8, 4) is 0 Å². The Bertz CT molecular complexity index is 609. The molecule has 0 spiro atoms. The van der Waals surface area contributed by atoms with Gasteiger partial charge in [0.25, 0.3) is 0 Å². The molecule has 2 aliphatic heterocycles. The second kappa shape index (κ2) is 5.52. The highest BCUT2D eigenvalue weighted by Crippen LogP contribution is 2.31. The highest BCUT2D eigenvalue weighted by atomic mass is 16.4. The van der Waals surface area contributed by atoms with E-state index < -0.39 is 11.9 Å². The number of carboxylic acids is 1. The maximum Gasteiger partial charge on any atom is 0.308 e. The number of aliphatic carboxylic acids is 1. The van der Waals surface area contributed by atoms with Crippen LogP contribution in [0.2, 0.25) is 0 Å². The molecule has 5 heteroatoms. The van der Waals surface area contributed by atoms with Crippen molar-refractivity contribution in [2.24, 2.45) is 11.8 Å². The predicted molar refractivity (Wildman–Crippen MR) is 74.8 cm³/mol. The molecule has 3 heterocycles. The fraction of sp³-hybridized carbons (Fsp3) is 0.312. The van der Waals surface area contributed by atoms with Gasteiger partial charge in [-0.15, -0.1) is 0 Å². The molecule has 0 aliphatic carbocycles. The van der Waals surface area contributed by atoms with Gasteiger partial charge in [-0.3, -0.25) is 9.59 Å². The van der Waals surface area contributed by atoms with Gasteiger partial charge in [0.2, 0.25) is 5.91 Å². The van der Waals surface area contributed by atoms with E-state index in [-0.39, 0.29) is 17.9 Å². The molecule has 3 rings (SSSR count). The number of aromatic nitrogens is 1. The van der Waals surface area contributed by atoms with Crippen molar-refractivity contribution in [2.45, 2.75) is 19.0 Å². The van der Waals surface area contributed by atoms with Gasteiger partial charge in [-0.2, -0.15) is 0 Å². The van der Waals surface area contributed by atoms with Crippen LogP contribution in [0.3, 0.4) is 0 Å². The van der Waals surface area contributed by atoms with Crippen molar-refractivity contribution < 1.29 is 19.3 Å². The predicted octanol–water partition coefficient (Wildman–Crippen LogP) is 0.975.